The summed E-state index contributed by atoms with van der Waals surface area (Å²) in [5.41, 5.74) is 1.11. The van der Waals surface area contributed by atoms with Crippen LogP contribution in [0.2, 0.25) is 0 Å². The summed E-state index contributed by atoms with van der Waals surface area (Å²) < 4.78 is 6.23. The van der Waals surface area contributed by atoms with Crippen LogP contribution in [0.5, 0.6) is 5.88 Å². The van der Waals surface area contributed by atoms with Crippen molar-refractivity contribution in [3.05, 3.63) is 11.9 Å². The molecule has 0 saturated heterocycles. The summed E-state index contributed by atoms with van der Waals surface area (Å²) in [7, 11) is 0. The Kier molecular flexibility index (Phi) is 5.83. The van der Waals surface area contributed by atoms with E-state index in [0.717, 1.165) is 61.3 Å². The van der Waals surface area contributed by atoms with Gasteiger partial charge in [0.2, 0.25) is 5.88 Å². The van der Waals surface area contributed by atoms with Gasteiger partial charge in [-0.2, -0.15) is 0 Å². The first kappa shape index (κ1) is 16.1. The minimum atomic E-state index is 0.301. The molecule has 0 radical (unpaired) electrons. The second kappa shape index (κ2) is 7.62. The Bertz CT molecular complexity index is 450. The molecule has 3 atom stereocenters. The third kappa shape index (κ3) is 4.08. The van der Waals surface area contributed by atoms with Crippen LogP contribution in [0.15, 0.2) is 6.33 Å². The summed E-state index contributed by atoms with van der Waals surface area (Å²) >= 11 is 0. The fourth-order valence-electron chi connectivity index (χ4n) is 2.98. The minimum absolute atomic E-state index is 0.301. The zero-order valence-corrected chi connectivity index (χ0v) is 13.9. The number of hydrogen-bond acceptors (Lipinski definition) is 4. The highest BCUT2D eigenvalue weighted by Crippen LogP contribution is 2.33. The Morgan fingerprint density at radius 2 is 2.00 bits per heavy atom. The van der Waals surface area contributed by atoms with E-state index in [1.807, 2.05) is 0 Å². The molecule has 1 heterocycles. The lowest BCUT2D eigenvalue weighted by atomic mass is 9.80. The summed E-state index contributed by atoms with van der Waals surface area (Å²) in [6, 6.07) is 0. The molecule has 0 aromatic carbocycles. The van der Waals surface area contributed by atoms with Crippen LogP contribution < -0.4 is 10.1 Å². The molecule has 1 aromatic heterocycles. The van der Waals surface area contributed by atoms with Crippen molar-refractivity contribution in [1.82, 2.24) is 9.97 Å². The highest BCUT2D eigenvalue weighted by molar-refractivity contribution is 5.48. The Balaban J connectivity index is 2.08. The Labute approximate surface area is 128 Å². The average Bonchev–Trinajstić information content (AvgIpc) is 2.49. The van der Waals surface area contributed by atoms with E-state index >= 15 is 0 Å². The van der Waals surface area contributed by atoms with Gasteiger partial charge in [0, 0.05) is 6.54 Å². The first-order chi connectivity index (χ1) is 10.2. The highest BCUT2D eigenvalue weighted by Gasteiger charge is 2.26. The van der Waals surface area contributed by atoms with Gasteiger partial charge >= 0.3 is 0 Å². The van der Waals surface area contributed by atoms with Gasteiger partial charge in [-0.25, -0.2) is 9.97 Å². The number of nitrogens with one attached hydrogen (secondary N) is 1. The predicted octanol–water partition coefficient (Wildman–Crippen LogP) is 4.06. The van der Waals surface area contributed by atoms with Gasteiger partial charge in [0.1, 0.15) is 18.2 Å². The monoisotopic (exact) mass is 291 g/mol. The molecule has 1 fully saturated rings. The summed E-state index contributed by atoms with van der Waals surface area (Å²) in [6.45, 7) is 9.89. The first-order valence-corrected chi connectivity index (χ1v) is 8.40. The molecule has 4 heteroatoms. The van der Waals surface area contributed by atoms with Crippen molar-refractivity contribution in [2.24, 2.45) is 11.8 Å². The van der Waals surface area contributed by atoms with Crippen LogP contribution >= 0.6 is 0 Å². The minimum Gasteiger partial charge on any atom is -0.474 e. The number of anilines is 1. The second-order valence-corrected chi connectivity index (χ2v) is 6.29. The van der Waals surface area contributed by atoms with E-state index in [0.29, 0.717) is 6.10 Å². The van der Waals surface area contributed by atoms with Gasteiger partial charge in [-0.1, -0.05) is 27.7 Å². The van der Waals surface area contributed by atoms with Crippen molar-refractivity contribution >= 4 is 5.82 Å². The SMILES string of the molecule is CCCNc1ncnc(OC2CCC(C)C(C)C2)c1CC. The summed E-state index contributed by atoms with van der Waals surface area (Å²) in [6.07, 6.45) is 7.40. The molecule has 1 N–H and O–H groups in total. The fourth-order valence-corrected chi connectivity index (χ4v) is 2.98. The Morgan fingerprint density at radius 1 is 1.19 bits per heavy atom. The molecular weight excluding hydrogens is 262 g/mol. The van der Waals surface area contributed by atoms with Crippen molar-refractivity contribution in [2.75, 3.05) is 11.9 Å². The van der Waals surface area contributed by atoms with E-state index in [4.69, 9.17) is 4.74 Å². The predicted molar refractivity (Wildman–Crippen MR) is 86.8 cm³/mol. The van der Waals surface area contributed by atoms with Crippen LogP contribution in [0.25, 0.3) is 0 Å². The molecule has 0 bridgehead atoms. The average molecular weight is 291 g/mol. The largest absolute Gasteiger partial charge is 0.474 e. The zero-order valence-electron chi connectivity index (χ0n) is 13.9. The maximum atomic E-state index is 6.23. The van der Waals surface area contributed by atoms with Crippen molar-refractivity contribution < 1.29 is 4.74 Å². The van der Waals surface area contributed by atoms with Crippen molar-refractivity contribution in [2.45, 2.75) is 65.9 Å². The van der Waals surface area contributed by atoms with Crippen LogP contribution in [0, 0.1) is 11.8 Å². The molecule has 0 spiro atoms. The summed E-state index contributed by atoms with van der Waals surface area (Å²) in [5, 5.41) is 3.38. The topological polar surface area (TPSA) is 47.0 Å². The molecule has 118 valence electrons. The molecule has 0 aliphatic heterocycles. The quantitative estimate of drug-likeness (QED) is 0.858. The summed E-state index contributed by atoms with van der Waals surface area (Å²) in [5.74, 6) is 3.25. The molecule has 21 heavy (non-hydrogen) atoms. The van der Waals surface area contributed by atoms with Crippen LogP contribution in [0.3, 0.4) is 0 Å². The molecule has 1 aliphatic carbocycles. The Hall–Kier alpha value is -1.32. The Morgan fingerprint density at radius 3 is 2.67 bits per heavy atom. The van der Waals surface area contributed by atoms with Crippen LogP contribution in [-0.2, 0) is 6.42 Å². The zero-order chi connectivity index (χ0) is 15.2. The maximum absolute atomic E-state index is 6.23. The van der Waals surface area contributed by atoms with E-state index in [9.17, 15) is 0 Å². The van der Waals surface area contributed by atoms with Gasteiger partial charge in [-0.15, -0.1) is 0 Å². The molecule has 1 aromatic rings. The summed E-state index contributed by atoms with van der Waals surface area (Å²) in [4.78, 5) is 8.75. The third-order valence-electron chi connectivity index (χ3n) is 4.63. The van der Waals surface area contributed by atoms with E-state index in [1.165, 1.54) is 6.42 Å². The molecule has 3 unspecified atom stereocenters. The van der Waals surface area contributed by atoms with Gasteiger partial charge in [-0.3, -0.25) is 0 Å². The third-order valence-corrected chi connectivity index (χ3v) is 4.63. The number of rotatable bonds is 6. The normalized spacial score (nSPS) is 25.6. The second-order valence-electron chi connectivity index (χ2n) is 6.29. The standard InChI is InChI=1S/C17H29N3O/c1-5-9-18-16-15(6-2)17(20-11-19-16)21-14-8-7-12(3)13(4)10-14/h11-14H,5-10H2,1-4H3,(H,18,19,20). The van der Waals surface area contributed by atoms with E-state index in [2.05, 4.69) is 43.0 Å². The molecule has 2 rings (SSSR count). The fraction of sp³-hybridized carbons (Fsp3) is 0.765. The van der Waals surface area contributed by atoms with E-state index < -0.39 is 0 Å². The van der Waals surface area contributed by atoms with Crippen LogP contribution in [0.1, 0.15) is 58.9 Å². The van der Waals surface area contributed by atoms with E-state index in [-0.39, 0.29) is 0 Å². The number of ether oxygens (including phenoxy) is 1. The van der Waals surface area contributed by atoms with Gasteiger partial charge in [0.25, 0.3) is 0 Å². The number of hydrogen-bond donors (Lipinski definition) is 1. The number of nitrogens with zero attached hydrogens (tertiary/aromatic N) is 2. The lowest BCUT2D eigenvalue weighted by molar-refractivity contribution is 0.0954. The maximum Gasteiger partial charge on any atom is 0.222 e. The van der Waals surface area contributed by atoms with Gasteiger partial charge in [-0.05, 0) is 43.9 Å². The van der Waals surface area contributed by atoms with Crippen molar-refractivity contribution in [3.63, 3.8) is 0 Å². The molecule has 1 aliphatic rings. The van der Waals surface area contributed by atoms with Gasteiger partial charge in [0.15, 0.2) is 0 Å². The molecule has 1 saturated carbocycles. The lowest BCUT2D eigenvalue weighted by Crippen LogP contribution is -2.29. The first-order valence-electron chi connectivity index (χ1n) is 8.40. The smallest absolute Gasteiger partial charge is 0.222 e. The van der Waals surface area contributed by atoms with Gasteiger partial charge < -0.3 is 10.1 Å². The molecular formula is C17H29N3O. The number of aromatic nitrogens is 2. The van der Waals surface area contributed by atoms with Gasteiger partial charge in [0.05, 0.1) is 5.56 Å². The van der Waals surface area contributed by atoms with E-state index in [1.54, 1.807) is 6.33 Å². The molecule has 4 nitrogen and oxygen atoms in total. The van der Waals surface area contributed by atoms with Crippen molar-refractivity contribution in [1.29, 1.82) is 0 Å². The van der Waals surface area contributed by atoms with Crippen molar-refractivity contribution in [3.8, 4) is 5.88 Å². The van der Waals surface area contributed by atoms with Crippen LogP contribution in [0.4, 0.5) is 5.82 Å². The van der Waals surface area contributed by atoms with Crippen LogP contribution in [-0.4, -0.2) is 22.6 Å². The lowest BCUT2D eigenvalue weighted by Gasteiger charge is -2.32. The molecule has 0 amide bonds. The highest BCUT2D eigenvalue weighted by atomic mass is 16.5.